The summed E-state index contributed by atoms with van der Waals surface area (Å²) in [4.78, 5) is 17.1. The smallest absolute Gasteiger partial charge is 0.0403 e. The molecule has 7 heteroatoms. The molecule has 0 amide bonds. The van der Waals surface area contributed by atoms with E-state index in [0.717, 1.165) is 23.0 Å². The molecule has 0 radical (unpaired) electrons. The fourth-order valence-electron chi connectivity index (χ4n) is 3.12. The van der Waals surface area contributed by atoms with Crippen molar-refractivity contribution < 1.29 is 0 Å². The summed E-state index contributed by atoms with van der Waals surface area (Å²) in [6, 6.07) is 8.32. The minimum atomic E-state index is 0.146. The van der Waals surface area contributed by atoms with Gasteiger partial charge in [0.15, 0.2) is 0 Å². The molecule has 0 N–H and O–H groups in total. The SMILES string of the molecule is CC(C)(C)c1sc(C(C)(C)C)c(SCCSc2cccnc2)c1SCCSc1cccnc1. The summed E-state index contributed by atoms with van der Waals surface area (Å²) in [5, 5.41) is 0. The second-order valence-corrected chi connectivity index (χ2v) is 15.3. The van der Waals surface area contributed by atoms with Gasteiger partial charge in [-0.2, -0.15) is 0 Å². The molecule has 0 bridgehead atoms. The molecule has 3 aromatic rings. The van der Waals surface area contributed by atoms with Gasteiger partial charge in [0, 0.05) is 77.1 Å². The van der Waals surface area contributed by atoms with Crippen molar-refractivity contribution >= 4 is 58.4 Å². The van der Waals surface area contributed by atoms with Gasteiger partial charge >= 0.3 is 0 Å². The topological polar surface area (TPSA) is 25.8 Å². The molecule has 0 aliphatic rings. The molecule has 3 aromatic heterocycles. The highest BCUT2D eigenvalue weighted by molar-refractivity contribution is 8.05. The largest absolute Gasteiger partial charge is 0.264 e. The fraction of sp³-hybridized carbons (Fsp3) is 0.462. The van der Waals surface area contributed by atoms with Gasteiger partial charge in [0.1, 0.15) is 0 Å². The zero-order chi connectivity index (χ0) is 23.9. The summed E-state index contributed by atoms with van der Waals surface area (Å²) in [7, 11) is 0. The number of rotatable bonds is 10. The Balaban J connectivity index is 1.74. The van der Waals surface area contributed by atoms with Gasteiger partial charge in [0.25, 0.3) is 0 Å². The van der Waals surface area contributed by atoms with E-state index in [2.05, 4.69) is 63.6 Å². The average Bonchev–Trinajstić information content (AvgIpc) is 3.15. The van der Waals surface area contributed by atoms with Crippen LogP contribution in [0.5, 0.6) is 0 Å². The molecule has 0 fully saturated rings. The Morgan fingerprint density at radius 2 is 1.03 bits per heavy atom. The number of pyridine rings is 2. The highest BCUT2D eigenvalue weighted by atomic mass is 32.2. The third-order valence-electron chi connectivity index (χ3n) is 4.65. The van der Waals surface area contributed by atoms with E-state index in [1.807, 2.05) is 95.3 Å². The predicted octanol–water partition coefficient (Wildman–Crippen LogP) is 8.90. The van der Waals surface area contributed by atoms with E-state index < -0.39 is 0 Å². The van der Waals surface area contributed by atoms with Crippen molar-refractivity contribution in [2.45, 2.75) is 72.0 Å². The first-order chi connectivity index (χ1) is 15.7. The van der Waals surface area contributed by atoms with Crippen molar-refractivity contribution in [3.05, 3.63) is 58.8 Å². The molecule has 0 saturated carbocycles. The van der Waals surface area contributed by atoms with E-state index >= 15 is 0 Å². The average molecular weight is 535 g/mol. The Morgan fingerprint density at radius 1 is 0.636 bits per heavy atom. The molecular weight excluding hydrogens is 501 g/mol. The van der Waals surface area contributed by atoms with Crippen LogP contribution in [0.4, 0.5) is 0 Å². The summed E-state index contributed by atoms with van der Waals surface area (Å²) in [6.45, 7) is 14.1. The van der Waals surface area contributed by atoms with Crippen LogP contribution < -0.4 is 0 Å². The lowest BCUT2D eigenvalue weighted by Gasteiger charge is -2.19. The molecular formula is C26H34N2S5. The number of hydrogen-bond acceptors (Lipinski definition) is 7. The Bertz CT molecular complexity index is 909. The molecule has 0 unspecified atom stereocenters. The van der Waals surface area contributed by atoms with Gasteiger partial charge < -0.3 is 0 Å². The third kappa shape index (κ3) is 8.24. The lowest BCUT2D eigenvalue weighted by Crippen LogP contribution is -2.10. The van der Waals surface area contributed by atoms with Crippen molar-refractivity contribution in [1.82, 2.24) is 9.97 Å². The van der Waals surface area contributed by atoms with Gasteiger partial charge in [0.2, 0.25) is 0 Å². The van der Waals surface area contributed by atoms with E-state index in [-0.39, 0.29) is 10.8 Å². The Morgan fingerprint density at radius 3 is 1.36 bits per heavy atom. The predicted molar refractivity (Wildman–Crippen MR) is 153 cm³/mol. The van der Waals surface area contributed by atoms with E-state index in [1.54, 1.807) is 0 Å². The molecule has 0 atom stereocenters. The molecule has 0 saturated heterocycles. The Kier molecular flexibility index (Phi) is 10.1. The van der Waals surface area contributed by atoms with Crippen LogP contribution in [0.15, 0.2) is 68.6 Å². The minimum Gasteiger partial charge on any atom is -0.264 e. The van der Waals surface area contributed by atoms with Crippen molar-refractivity contribution in [2.24, 2.45) is 0 Å². The molecule has 3 rings (SSSR count). The van der Waals surface area contributed by atoms with Gasteiger partial charge in [0.05, 0.1) is 0 Å². The van der Waals surface area contributed by atoms with E-state index in [0.29, 0.717) is 0 Å². The van der Waals surface area contributed by atoms with Crippen molar-refractivity contribution in [3.8, 4) is 0 Å². The first-order valence-corrected chi connectivity index (χ1v) is 15.9. The summed E-state index contributed by atoms with van der Waals surface area (Å²) in [5.41, 5.74) is 0.291. The molecule has 0 spiro atoms. The zero-order valence-corrected chi connectivity index (χ0v) is 24.5. The molecule has 33 heavy (non-hydrogen) atoms. The summed E-state index contributed by atoms with van der Waals surface area (Å²) < 4.78 is 0. The summed E-state index contributed by atoms with van der Waals surface area (Å²) in [6.07, 6.45) is 7.59. The van der Waals surface area contributed by atoms with Crippen LogP contribution in [0.25, 0.3) is 0 Å². The monoisotopic (exact) mass is 534 g/mol. The van der Waals surface area contributed by atoms with E-state index in [1.165, 1.54) is 29.3 Å². The van der Waals surface area contributed by atoms with Crippen LogP contribution in [-0.4, -0.2) is 33.0 Å². The fourth-order valence-corrected chi connectivity index (χ4v) is 9.59. The van der Waals surface area contributed by atoms with E-state index in [4.69, 9.17) is 0 Å². The summed E-state index contributed by atoms with van der Waals surface area (Å²) in [5.74, 6) is 4.37. The van der Waals surface area contributed by atoms with E-state index in [9.17, 15) is 0 Å². The molecule has 0 aliphatic carbocycles. The van der Waals surface area contributed by atoms with Crippen LogP contribution in [0.1, 0.15) is 51.3 Å². The highest BCUT2D eigenvalue weighted by Gasteiger charge is 2.31. The molecule has 2 nitrogen and oxygen atoms in total. The maximum atomic E-state index is 4.24. The Labute approximate surface area is 220 Å². The lowest BCUT2D eigenvalue weighted by molar-refractivity contribution is 0.585. The number of thiophene rings is 1. The number of aromatic nitrogens is 2. The maximum absolute atomic E-state index is 4.24. The van der Waals surface area contributed by atoms with Gasteiger partial charge in [-0.15, -0.1) is 58.4 Å². The van der Waals surface area contributed by atoms with Crippen molar-refractivity contribution in [3.63, 3.8) is 0 Å². The van der Waals surface area contributed by atoms with Crippen LogP contribution in [0.2, 0.25) is 0 Å². The summed E-state index contributed by atoms with van der Waals surface area (Å²) >= 11 is 9.91. The molecule has 0 aliphatic heterocycles. The van der Waals surface area contributed by atoms with Gasteiger partial charge in [-0.05, 0) is 35.1 Å². The van der Waals surface area contributed by atoms with Gasteiger partial charge in [-0.1, -0.05) is 41.5 Å². The Hall–Kier alpha value is -0.600. The van der Waals surface area contributed by atoms with Crippen LogP contribution in [0.3, 0.4) is 0 Å². The number of hydrogen-bond donors (Lipinski definition) is 0. The number of thioether (sulfide) groups is 4. The zero-order valence-electron chi connectivity index (χ0n) is 20.4. The van der Waals surface area contributed by atoms with Crippen molar-refractivity contribution in [2.75, 3.05) is 23.0 Å². The normalized spacial score (nSPS) is 12.3. The maximum Gasteiger partial charge on any atom is 0.0403 e. The van der Waals surface area contributed by atoms with Crippen LogP contribution in [0, 0.1) is 0 Å². The number of nitrogens with zero attached hydrogens (tertiary/aromatic N) is 2. The molecule has 3 heterocycles. The van der Waals surface area contributed by atoms with Crippen LogP contribution in [-0.2, 0) is 10.8 Å². The second kappa shape index (κ2) is 12.4. The third-order valence-corrected chi connectivity index (χ3v) is 11.8. The lowest BCUT2D eigenvalue weighted by atomic mass is 9.93. The molecule has 178 valence electrons. The van der Waals surface area contributed by atoms with Crippen molar-refractivity contribution in [1.29, 1.82) is 0 Å². The highest BCUT2D eigenvalue weighted by Crippen LogP contribution is 2.50. The van der Waals surface area contributed by atoms with Gasteiger partial charge in [-0.3, -0.25) is 9.97 Å². The molecule has 0 aromatic carbocycles. The van der Waals surface area contributed by atoms with Crippen LogP contribution >= 0.6 is 58.4 Å². The standard InChI is InChI=1S/C26H34N2S5/c1-25(2,3)23-21(31-15-13-29-19-9-7-11-27-17-19)22(24(33-23)26(4,5)6)32-16-14-30-20-10-8-12-28-18-20/h7-12,17-18H,13-16H2,1-6H3. The second-order valence-electron chi connectivity index (χ2n) is 9.69. The first-order valence-electron chi connectivity index (χ1n) is 11.2. The first kappa shape index (κ1) is 27.0. The van der Waals surface area contributed by atoms with Gasteiger partial charge in [-0.25, -0.2) is 0 Å². The minimum absolute atomic E-state index is 0.146. The quantitative estimate of drug-likeness (QED) is 0.190.